The standard InChI is InChI=1S/C29H30N8O3/c1-36(2)28(39)22-13-16-15-31-29(35-27(16)37(22)18-7-4-5-8-18)32-17-11-12-19(23(14-17)40-3)26-33-21-10-6-9-20(25(30)38)24(21)34-26/h6,9-15,18H,4-5,7-8H2,1-3H3,(H2,30,38)(H,33,34)(H,31,32,35). The first kappa shape index (κ1) is 25.4. The van der Waals surface area contributed by atoms with Crippen molar-refractivity contribution in [1.82, 2.24) is 29.4 Å². The number of nitrogens with one attached hydrogen (secondary N) is 2. The third-order valence-corrected chi connectivity index (χ3v) is 7.38. The Hall–Kier alpha value is -4.93. The zero-order chi connectivity index (χ0) is 28.0. The predicted molar refractivity (Wildman–Crippen MR) is 153 cm³/mol. The third kappa shape index (κ3) is 4.39. The first-order valence-corrected chi connectivity index (χ1v) is 13.2. The number of rotatable bonds is 7. The summed E-state index contributed by atoms with van der Waals surface area (Å²) in [6.07, 6.45) is 6.06. The van der Waals surface area contributed by atoms with Gasteiger partial charge in [-0.3, -0.25) is 9.59 Å². The molecule has 0 spiro atoms. The molecule has 5 aromatic rings. The lowest BCUT2D eigenvalue weighted by molar-refractivity contribution is 0.0815. The molecular weight excluding hydrogens is 508 g/mol. The van der Waals surface area contributed by atoms with Crippen LogP contribution in [0.5, 0.6) is 5.75 Å². The van der Waals surface area contributed by atoms with Gasteiger partial charge in [0.25, 0.3) is 11.8 Å². The first-order chi connectivity index (χ1) is 19.3. The molecule has 0 unspecified atom stereocenters. The van der Waals surface area contributed by atoms with Gasteiger partial charge >= 0.3 is 0 Å². The van der Waals surface area contributed by atoms with Gasteiger partial charge in [-0.2, -0.15) is 4.98 Å². The summed E-state index contributed by atoms with van der Waals surface area (Å²) in [4.78, 5) is 43.7. The van der Waals surface area contributed by atoms with Gasteiger partial charge in [0.1, 0.15) is 28.4 Å². The van der Waals surface area contributed by atoms with Crippen LogP contribution in [0.4, 0.5) is 11.6 Å². The lowest BCUT2D eigenvalue weighted by atomic mass is 10.1. The summed E-state index contributed by atoms with van der Waals surface area (Å²) in [6, 6.07) is 13.0. The van der Waals surface area contributed by atoms with Gasteiger partial charge in [-0.25, -0.2) is 9.97 Å². The maximum absolute atomic E-state index is 13.0. The Kier molecular flexibility index (Phi) is 6.33. The highest BCUT2D eigenvalue weighted by Crippen LogP contribution is 2.36. The molecule has 0 saturated heterocycles. The SMILES string of the molecule is COc1cc(Nc2ncc3cc(C(=O)N(C)C)n(C4CCCC4)c3n2)ccc1-c1nc2c(C(N)=O)cccc2[nH]1. The number of primary amides is 1. The first-order valence-electron chi connectivity index (χ1n) is 13.2. The van der Waals surface area contributed by atoms with Crippen LogP contribution in [0.3, 0.4) is 0 Å². The van der Waals surface area contributed by atoms with Crippen LogP contribution in [-0.4, -0.2) is 62.4 Å². The van der Waals surface area contributed by atoms with Gasteiger partial charge < -0.3 is 30.2 Å². The zero-order valence-electron chi connectivity index (χ0n) is 22.6. The molecular formula is C29H30N8O3. The van der Waals surface area contributed by atoms with E-state index in [0.717, 1.165) is 48.0 Å². The average molecular weight is 539 g/mol. The second-order valence-corrected chi connectivity index (χ2v) is 10.2. The second-order valence-electron chi connectivity index (χ2n) is 10.2. The van der Waals surface area contributed by atoms with Crippen molar-refractivity contribution in [3.05, 3.63) is 59.9 Å². The largest absolute Gasteiger partial charge is 0.496 e. The minimum atomic E-state index is -0.538. The summed E-state index contributed by atoms with van der Waals surface area (Å²) in [5.41, 5.74) is 9.90. The number of carbonyl (C=O) groups excluding carboxylic acids is 2. The number of hydrogen-bond donors (Lipinski definition) is 3. The number of H-pyrrole nitrogens is 1. The van der Waals surface area contributed by atoms with E-state index in [1.165, 1.54) is 0 Å². The number of carbonyl (C=O) groups is 2. The molecule has 2 amide bonds. The summed E-state index contributed by atoms with van der Waals surface area (Å²) in [5, 5.41) is 4.11. The molecule has 40 heavy (non-hydrogen) atoms. The molecule has 0 aliphatic heterocycles. The van der Waals surface area contributed by atoms with Gasteiger partial charge in [0.15, 0.2) is 0 Å². The average Bonchev–Trinajstić information content (AvgIpc) is 3.70. The molecule has 1 aliphatic rings. The lowest BCUT2D eigenvalue weighted by Crippen LogP contribution is -2.25. The summed E-state index contributed by atoms with van der Waals surface area (Å²) in [7, 11) is 5.11. The van der Waals surface area contributed by atoms with Crippen LogP contribution in [0.1, 0.15) is 52.6 Å². The fourth-order valence-corrected chi connectivity index (χ4v) is 5.45. The molecule has 1 fully saturated rings. The molecule has 1 saturated carbocycles. The van der Waals surface area contributed by atoms with E-state index in [-0.39, 0.29) is 11.9 Å². The highest BCUT2D eigenvalue weighted by atomic mass is 16.5. The summed E-state index contributed by atoms with van der Waals surface area (Å²) < 4.78 is 7.77. The minimum absolute atomic E-state index is 0.0479. The molecule has 204 valence electrons. The van der Waals surface area contributed by atoms with Crippen LogP contribution < -0.4 is 15.8 Å². The highest BCUT2D eigenvalue weighted by Gasteiger charge is 2.26. The van der Waals surface area contributed by atoms with E-state index >= 15 is 0 Å². The molecule has 2 aromatic carbocycles. The van der Waals surface area contributed by atoms with E-state index in [1.807, 2.05) is 30.3 Å². The van der Waals surface area contributed by atoms with E-state index in [1.54, 1.807) is 44.4 Å². The van der Waals surface area contributed by atoms with Crippen LogP contribution in [0.15, 0.2) is 48.7 Å². The van der Waals surface area contributed by atoms with Crippen molar-refractivity contribution < 1.29 is 14.3 Å². The number of nitrogens with zero attached hydrogens (tertiary/aromatic N) is 5. The van der Waals surface area contributed by atoms with Crippen LogP contribution in [0.2, 0.25) is 0 Å². The Labute approximate surface area is 230 Å². The van der Waals surface area contributed by atoms with Crippen LogP contribution in [0.25, 0.3) is 33.5 Å². The predicted octanol–water partition coefficient (Wildman–Crippen LogP) is 4.64. The Morgan fingerprint density at radius 1 is 1.12 bits per heavy atom. The number of imidazole rings is 1. The number of aromatic amines is 1. The van der Waals surface area contributed by atoms with Crippen LogP contribution >= 0.6 is 0 Å². The van der Waals surface area contributed by atoms with E-state index in [4.69, 9.17) is 15.5 Å². The number of hydrogen-bond acceptors (Lipinski definition) is 7. The number of nitrogens with two attached hydrogens (primary N) is 1. The van der Waals surface area contributed by atoms with Crippen LogP contribution in [0, 0.1) is 0 Å². The topological polar surface area (TPSA) is 144 Å². The summed E-state index contributed by atoms with van der Waals surface area (Å²) in [6.45, 7) is 0. The molecule has 4 N–H and O–H groups in total. The molecule has 11 heteroatoms. The van der Waals surface area contributed by atoms with Crippen molar-refractivity contribution in [1.29, 1.82) is 0 Å². The van der Waals surface area contributed by atoms with Gasteiger partial charge in [-0.1, -0.05) is 18.9 Å². The number of para-hydroxylation sites is 1. The Bertz CT molecular complexity index is 1760. The van der Waals surface area contributed by atoms with Gasteiger partial charge in [-0.05, 0) is 43.2 Å². The fraction of sp³-hybridized carbons (Fsp3) is 0.276. The van der Waals surface area contributed by atoms with E-state index in [2.05, 4.69) is 24.8 Å². The third-order valence-electron chi connectivity index (χ3n) is 7.38. The maximum Gasteiger partial charge on any atom is 0.270 e. The van der Waals surface area contributed by atoms with Crippen molar-refractivity contribution in [3.8, 4) is 17.1 Å². The molecule has 0 bridgehead atoms. The molecule has 0 atom stereocenters. The Balaban J connectivity index is 1.35. The zero-order valence-corrected chi connectivity index (χ0v) is 22.6. The summed E-state index contributed by atoms with van der Waals surface area (Å²) >= 11 is 0. The molecule has 0 radical (unpaired) electrons. The van der Waals surface area contributed by atoms with Gasteiger partial charge in [0, 0.05) is 43.5 Å². The molecule has 3 heterocycles. The number of amides is 2. The monoisotopic (exact) mass is 538 g/mol. The van der Waals surface area contributed by atoms with Crippen molar-refractivity contribution in [3.63, 3.8) is 0 Å². The molecule has 6 rings (SSSR count). The van der Waals surface area contributed by atoms with Crippen molar-refractivity contribution >= 4 is 45.5 Å². The number of benzene rings is 2. The highest BCUT2D eigenvalue weighted by molar-refractivity contribution is 6.04. The number of ether oxygens (including phenoxy) is 1. The summed E-state index contributed by atoms with van der Waals surface area (Å²) in [5.74, 6) is 0.951. The van der Waals surface area contributed by atoms with E-state index < -0.39 is 5.91 Å². The number of aromatic nitrogens is 5. The lowest BCUT2D eigenvalue weighted by Gasteiger charge is -2.19. The number of anilines is 2. The molecule has 1 aliphatic carbocycles. The molecule has 11 nitrogen and oxygen atoms in total. The Morgan fingerprint density at radius 2 is 1.93 bits per heavy atom. The Morgan fingerprint density at radius 3 is 2.65 bits per heavy atom. The molecule has 3 aromatic heterocycles. The van der Waals surface area contributed by atoms with E-state index in [0.29, 0.717) is 39.8 Å². The quantitative estimate of drug-likeness (QED) is 0.274. The number of methoxy groups -OCH3 is 1. The van der Waals surface area contributed by atoms with Crippen molar-refractivity contribution in [2.24, 2.45) is 5.73 Å². The van der Waals surface area contributed by atoms with Gasteiger partial charge in [0.05, 0.1) is 23.8 Å². The van der Waals surface area contributed by atoms with Crippen molar-refractivity contribution in [2.75, 3.05) is 26.5 Å². The normalized spacial score (nSPS) is 13.7. The minimum Gasteiger partial charge on any atom is -0.496 e. The smallest absolute Gasteiger partial charge is 0.270 e. The maximum atomic E-state index is 13.0. The fourth-order valence-electron chi connectivity index (χ4n) is 5.45. The van der Waals surface area contributed by atoms with Gasteiger partial charge in [-0.15, -0.1) is 0 Å². The second kappa shape index (κ2) is 9.99. The van der Waals surface area contributed by atoms with Crippen LogP contribution in [-0.2, 0) is 0 Å². The van der Waals surface area contributed by atoms with Crippen molar-refractivity contribution in [2.45, 2.75) is 31.7 Å². The van der Waals surface area contributed by atoms with E-state index in [9.17, 15) is 9.59 Å². The van der Waals surface area contributed by atoms with Gasteiger partial charge in [0.2, 0.25) is 5.95 Å². The number of fused-ring (bicyclic) bond motifs is 2.